The second-order valence-electron chi connectivity index (χ2n) is 3.97. The molecule has 0 unspecified atom stereocenters. The summed E-state index contributed by atoms with van der Waals surface area (Å²) in [6, 6.07) is 13.5. The molecule has 0 aromatic heterocycles. The summed E-state index contributed by atoms with van der Waals surface area (Å²) in [7, 11) is 0. The van der Waals surface area contributed by atoms with Gasteiger partial charge in [-0.25, -0.2) is 0 Å². The molecule has 2 N–H and O–H groups in total. The topological polar surface area (TPSA) is 40.5 Å². The van der Waals surface area contributed by atoms with Crippen LogP contribution in [-0.4, -0.2) is 10.2 Å². The van der Waals surface area contributed by atoms with Gasteiger partial charge in [0.15, 0.2) is 0 Å². The molecule has 0 bridgehead atoms. The van der Waals surface area contributed by atoms with Crippen LogP contribution in [0.1, 0.15) is 11.1 Å². The number of benzene rings is 2. The molecular formula is C18H12O2. The highest BCUT2D eigenvalue weighted by Crippen LogP contribution is 2.10. The van der Waals surface area contributed by atoms with Gasteiger partial charge in [-0.3, -0.25) is 0 Å². The monoisotopic (exact) mass is 260 g/mol. The van der Waals surface area contributed by atoms with Gasteiger partial charge in [-0.1, -0.05) is 35.8 Å². The molecule has 2 aromatic rings. The zero-order valence-corrected chi connectivity index (χ0v) is 10.7. The maximum atomic E-state index is 9.27. The number of hydrogen-bond acceptors (Lipinski definition) is 2. The van der Waals surface area contributed by atoms with Gasteiger partial charge in [0.2, 0.25) is 0 Å². The molecule has 0 amide bonds. The normalized spacial score (nSPS) is 9.40. The van der Waals surface area contributed by atoms with Crippen molar-refractivity contribution in [3.8, 4) is 35.2 Å². The molecule has 0 saturated heterocycles. The van der Waals surface area contributed by atoms with Crippen molar-refractivity contribution in [2.24, 2.45) is 0 Å². The molecule has 20 heavy (non-hydrogen) atoms. The van der Waals surface area contributed by atoms with E-state index in [1.807, 2.05) is 12.1 Å². The summed E-state index contributed by atoms with van der Waals surface area (Å²) in [5.41, 5.74) is 1.49. The maximum absolute atomic E-state index is 9.27. The second kappa shape index (κ2) is 6.73. The van der Waals surface area contributed by atoms with Crippen LogP contribution < -0.4 is 0 Å². The first kappa shape index (κ1) is 13.3. The predicted octanol–water partition coefficient (Wildman–Crippen LogP) is 3.06. The van der Waals surface area contributed by atoms with Crippen LogP contribution in [0.4, 0.5) is 0 Å². The third-order valence-electron chi connectivity index (χ3n) is 2.38. The first-order valence-electron chi connectivity index (χ1n) is 6.00. The van der Waals surface area contributed by atoms with Gasteiger partial charge >= 0.3 is 0 Å². The Bertz CT molecular complexity index is 684. The lowest BCUT2D eigenvalue weighted by molar-refractivity contribution is 0.474. The van der Waals surface area contributed by atoms with Gasteiger partial charge in [0.05, 0.1) is 0 Å². The minimum Gasteiger partial charge on any atom is -0.508 e. The minimum absolute atomic E-state index is 0.199. The summed E-state index contributed by atoms with van der Waals surface area (Å²) in [5.74, 6) is 11.8. The van der Waals surface area contributed by atoms with Crippen LogP contribution in [0.5, 0.6) is 11.5 Å². The van der Waals surface area contributed by atoms with E-state index in [9.17, 15) is 10.2 Å². The Morgan fingerprint density at radius 1 is 0.700 bits per heavy atom. The highest BCUT2D eigenvalue weighted by molar-refractivity contribution is 5.43. The van der Waals surface area contributed by atoms with Crippen LogP contribution >= 0.6 is 0 Å². The van der Waals surface area contributed by atoms with Crippen LogP contribution in [-0.2, 0) is 0 Å². The third-order valence-corrected chi connectivity index (χ3v) is 2.38. The van der Waals surface area contributed by atoms with E-state index in [4.69, 9.17) is 0 Å². The van der Waals surface area contributed by atoms with E-state index in [0.717, 1.165) is 11.1 Å². The van der Waals surface area contributed by atoms with Crippen molar-refractivity contribution in [1.29, 1.82) is 0 Å². The summed E-state index contributed by atoms with van der Waals surface area (Å²) in [5, 5.41) is 18.5. The lowest BCUT2D eigenvalue weighted by atomic mass is 10.2. The van der Waals surface area contributed by atoms with Crippen molar-refractivity contribution >= 4 is 0 Å². The summed E-state index contributed by atoms with van der Waals surface area (Å²) < 4.78 is 0. The zero-order chi connectivity index (χ0) is 14.2. The van der Waals surface area contributed by atoms with E-state index in [1.165, 1.54) is 0 Å². The van der Waals surface area contributed by atoms with Crippen molar-refractivity contribution in [2.45, 2.75) is 0 Å². The number of rotatable bonds is 0. The average Bonchev–Trinajstić information content (AvgIpc) is 2.43. The number of aromatic hydroxyl groups is 2. The zero-order valence-electron chi connectivity index (χ0n) is 10.7. The molecule has 0 atom stereocenters. The van der Waals surface area contributed by atoms with Gasteiger partial charge in [-0.05, 0) is 48.6 Å². The summed E-state index contributed by atoms with van der Waals surface area (Å²) in [6.07, 6.45) is 3.28. The van der Waals surface area contributed by atoms with Crippen LogP contribution in [0.3, 0.4) is 0 Å². The van der Waals surface area contributed by atoms with Gasteiger partial charge in [0.1, 0.15) is 11.5 Å². The number of allylic oxidation sites excluding steroid dienone is 2. The van der Waals surface area contributed by atoms with Gasteiger partial charge in [0.25, 0.3) is 0 Å². The predicted molar refractivity (Wildman–Crippen MR) is 79.1 cm³/mol. The number of phenolic OH excluding ortho intramolecular Hbond substituents is 2. The highest BCUT2D eigenvalue weighted by atomic mass is 16.3. The van der Waals surface area contributed by atoms with Crippen LogP contribution in [0.2, 0.25) is 0 Å². The fraction of sp³-hybridized carbons (Fsp3) is 0. The average molecular weight is 260 g/mol. The van der Waals surface area contributed by atoms with Crippen molar-refractivity contribution < 1.29 is 10.2 Å². The molecule has 2 heteroatoms. The maximum Gasteiger partial charge on any atom is 0.116 e. The van der Waals surface area contributed by atoms with E-state index < -0.39 is 0 Å². The van der Waals surface area contributed by atoms with Crippen molar-refractivity contribution in [1.82, 2.24) is 0 Å². The standard InChI is InChI=1S/C18H12O2/c19-17-11-5-9-15(13-17)7-3-1-2-4-8-16-10-6-12-18(20)14-16/h1-2,5-6,9-14,19-20H/b2-1-. The van der Waals surface area contributed by atoms with Crippen molar-refractivity contribution in [2.75, 3.05) is 0 Å². The Morgan fingerprint density at radius 2 is 1.15 bits per heavy atom. The van der Waals surface area contributed by atoms with Gasteiger partial charge in [-0.2, -0.15) is 0 Å². The SMILES string of the molecule is Oc1cccc(C#C/C=C\C#Cc2cccc(O)c2)c1. The van der Waals surface area contributed by atoms with Crippen LogP contribution in [0.15, 0.2) is 60.7 Å². The minimum atomic E-state index is 0.199. The molecule has 96 valence electrons. The summed E-state index contributed by atoms with van der Waals surface area (Å²) in [6.45, 7) is 0. The Kier molecular flexibility index (Phi) is 4.49. The number of hydrogen-bond donors (Lipinski definition) is 2. The molecule has 0 radical (unpaired) electrons. The molecule has 0 fully saturated rings. The first-order chi connectivity index (χ1) is 9.74. The van der Waals surface area contributed by atoms with Crippen LogP contribution in [0.25, 0.3) is 0 Å². The Hall–Kier alpha value is -3.10. The van der Waals surface area contributed by atoms with Crippen LogP contribution in [0, 0.1) is 23.7 Å². The van der Waals surface area contributed by atoms with E-state index >= 15 is 0 Å². The molecule has 0 spiro atoms. The van der Waals surface area contributed by atoms with Gasteiger partial charge in [-0.15, -0.1) is 0 Å². The lowest BCUT2D eigenvalue weighted by Crippen LogP contribution is -1.72. The molecule has 0 aliphatic carbocycles. The Balaban J connectivity index is 1.99. The molecule has 2 aromatic carbocycles. The van der Waals surface area contributed by atoms with Crippen molar-refractivity contribution in [3.05, 3.63) is 71.8 Å². The van der Waals surface area contributed by atoms with Gasteiger partial charge < -0.3 is 10.2 Å². The molecule has 2 nitrogen and oxygen atoms in total. The fourth-order valence-corrected chi connectivity index (χ4v) is 1.50. The summed E-state index contributed by atoms with van der Waals surface area (Å²) in [4.78, 5) is 0. The third kappa shape index (κ3) is 4.29. The summed E-state index contributed by atoms with van der Waals surface area (Å²) >= 11 is 0. The van der Waals surface area contributed by atoms with E-state index in [1.54, 1.807) is 48.6 Å². The molecule has 0 heterocycles. The van der Waals surface area contributed by atoms with Crippen molar-refractivity contribution in [3.63, 3.8) is 0 Å². The highest BCUT2D eigenvalue weighted by Gasteiger charge is 1.88. The largest absolute Gasteiger partial charge is 0.508 e. The second-order valence-corrected chi connectivity index (χ2v) is 3.97. The number of phenols is 2. The molecular weight excluding hydrogens is 248 g/mol. The molecule has 0 aliphatic heterocycles. The van der Waals surface area contributed by atoms with E-state index in [0.29, 0.717) is 0 Å². The Morgan fingerprint density at radius 3 is 1.55 bits per heavy atom. The lowest BCUT2D eigenvalue weighted by Gasteiger charge is -1.90. The van der Waals surface area contributed by atoms with E-state index in [2.05, 4.69) is 23.7 Å². The smallest absolute Gasteiger partial charge is 0.116 e. The molecule has 0 aliphatic rings. The van der Waals surface area contributed by atoms with E-state index in [-0.39, 0.29) is 11.5 Å². The molecule has 2 rings (SSSR count). The first-order valence-corrected chi connectivity index (χ1v) is 6.00. The van der Waals surface area contributed by atoms with Gasteiger partial charge in [0, 0.05) is 11.1 Å². The Labute approximate surface area is 118 Å². The molecule has 0 saturated carbocycles. The quantitative estimate of drug-likeness (QED) is 0.715. The fourth-order valence-electron chi connectivity index (χ4n) is 1.50.